The zero-order chi connectivity index (χ0) is 13.7. The second-order valence-electron chi connectivity index (χ2n) is 4.71. The van der Waals surface area contributed by atoms with Crippen molar-refractivity contribution in [2.45, 2.75) is 26.7 Å². The van der Waals surface area contributed by atoms with Crippen molar-refractivity contribution in [2.24, 2.45) is 0 Å². The molecule has 0 radical (unpaired) electrons. The Morgan fingerprint density at radius 3 is 2.79 bits per heavy atom. The molecule has 2 aromatic rings. The van der Waals surface area contributed by atoms with Gasteiger partial charge in [-0.25, -0.2) is 9.97 Å². The molecule has 0 saturated carbocycles. The van der Waals surface area contributed by atoms with Crippen molar-refractivity contribution >= 4 is 5.82 Å². The highest BCUT2D eigenvalue weighted by Crippen LogP contribution is 2.18. The Bertz CT molecular complexity index is 525. The molecule has 4 nitrogen and oxygen atoms in total. The van der Waals surface area contributed by atoms with Gasteiger partial charge in [0.15, 0.2) is 5.82 Å². The van der Waals surface area contributed by atoms with Gasteiger partial charge in [-0.3, -0.25) is 4.98 Å². The standard InChI is InChI=1S/C15H20N4/c1-4-5-9-19(3)14-10-12(2)17-15(18-14)13-7-6-8-16-11-13/h6-8,10-11H,4-5,9H2,1-3H3. The summed E-state index contributed by atoms with van der Waals surface area (Å²) in [5.41, 5.74) is 1.93. The van der Waals surface area contributed by atoms with Crippen LogP contribution in [-0.4, -0.2) is 28.5 Å². The Kier molecular flexibility index (Phi) is 4.44. The van der Waals surface area contributed by atoms with E-state index in [4.69, 9.17) is 0 Å². The Morgan fingerprint density at radius 1 is 1.26 bits per heavy atom. The highest BCUT2D eigenvalue weighted by molar-refractivity contribution is 5.56. The van der Waals surface area contributed by atoms with Crippen LogP contribution in [0, 0.1) is 6.92 Å². The number of hydrogen-bond acceptors (Lipinski definition) is 4. The van der Waals surface area contributed by atoms with E-state index in [0.29, 0.717) is 0 Å². The third-order valence-corrected chi connectivity index (χ3v) is 3.00. The van der Waals surface area contributed by atoms with Gasteiger partial charge >= 0.3 is 0 Å². The van der Waals surface area contributed by atoms with Gasteiger partial charge in [0.1, 0.15) is 5.82 Å². The molecule has 0 amide bonds. The Labute approximate surface area is 114 Å². The molecular formula is C15H20N4. The van der Waals surface area contributed by atoms with E-state index in [1.807, 2.05) is 25.1 Å². The van der Waals surface area contributed by atoms with Gasteiger partial charge in [0, 0.05) is 43.3 Å². The van der Waals surface area contributed by atoms with Crippen LogP contribution in [0.4, 0.5) is 5.82 Å². The SMILES string of the molecule is CCCCN(C)c1cc(C)nc(-c2cccnc2)n1. The number of hydrogen-bond donors (Lipinski definition) is 0. The molecule has 0 atom stereocenters. The van der Waals surface area contributed by atoms with Crippen LogP contribution in [0.3, 0.4) is 0 Å². The zero-order valence-corrected chi connectivity index (χ0v) is 11.8. The van der Waals surface area contributed by atoms with Crippen molar-refractivity contribution in [3.8, 4) is 11.4 Å². The number of anilines is 1. The summed E-state index contributed by atoms with van der Waals surface area (Å²) >= 11 is 0. The average molecular weight is 256 g/mol. The van der Waals surface area contributed by atoms with E-state index in [1.165, 1.54) is 12.8 Å². The fourth-order valence-electron chi connectivity index (χ4n) is 1.88. The number of aryl methyl sites for hydroxylation is 1. The first-order valence-corrected chi connectivity index (χ1v) is 6.68. The van der Waals surface area contributed by atoms with Crippen LogP contribution in [-0.2, 0) is 0 Å². The van der Waals surface area contributed by atoms with Gasteiger partial charge in [0.25, 0.3) is 0 Å². The van der Waals surface area contributed by atoms with Crippen molar-refractivity contribution in [3.05, 3.63) is 36.3 Å². The first kappa shape index (κ1) is 13.5. The predicted octanol–water partition coefficient (Wildman–Crippen LogP) is 3.08. The number of rotatable bonds is 5. The maximum absolute atomic E-state index is 4.63. The quantitative estimate of drug-likeness (QED) is 0.824. The molecule has 0 unspecified atom stereocenters. The van der Waals surface area contributed by atoms with Crippen molar-refractivity contribution in [1.82, 2.24) is 15.0 Å². The van der Waals surface area contributed by atoms with Crippen molar-refractivity contribution < 1.29 is 0 Å². The molecule has 2 aromatic heterocycles. The molecule has 100 valence electrons. The van der Waals surface area contributed by atoms with Crippen molar-refractivity contribution in [2.75, 3.05) is 18.5 Å². The van der Waals surface area contributed by atoms with Crippen molar-refractivity contribution in [3.63, 3.8) is 0 Å². The lowest BCUT2D eigenvalue weighted by Crippen LogP contribution is -2.20. The van der Waals surface area contributed by atoms with Crippen LogP contribution in [0.25, 0.3) is 11.4 Å². The molecular weight excluding hydrogens is 236 g/mol. The summed E-state index contributed by atoms with van der Waals surface area (Å²) in [5.74, 6) is 1.71. The van der Waals surface area contributed by atoms with Crippen LogP contribution >= 0.6 is 0 Å². The molecule has 2 rings (SSSR count). The molecule has 19 heavy (non-hydrogen) atoms. The van der Waals surface area contributed by atoms with Crippen LogP contribution in [0.5, 0.6) is 0 Å². The minimum absolute atomic E-state index is 0.742. The zero-order valence-electron chi connectivity index (χ0n) is 11.8. The topological polar surface area (TPSA) is 41.9 Å². The van der Waals surface area contributed by atoms with Gasteiger partial charge in [0.05, 0.1) is 0 Å². The number of pyridine rings is 1. The molecule has 0 aliphatic heterocycles. The Balaban J connectivity index is 2.29. The maximum Gasteiger partial charge on any atom is 0.163 e. The highest BCUT2D eigenvalue weighted by Gasteiger charge is 2.08. The first-order chi connectivity index (χ1) is 9.20. The molecule has 0 aliphatic carbocycles. The molecule has 0 saturated heterocycles. The van der Waals surface area contributed by atoms with Gasteiger partial charge < -0.3 is 4.90 Å². The van der Waals surface area contributed by atoms with E-state index in [9.17, 15) is 0 Å². The molecule has 0 bridgehead atoms. The minimum atomic E-state index is 0.742. The second-order valence-corrected chi connectivity index (χ2v) is 4.71. The third kappa shape index (κ3) is 3.50. The van der Waals surface area contributed by atoms with Crippen LogP contribution in [0.1, 0.15) is 25.5 Å². The summed E-state index contributed by atoms with van der Waals surface area (Å²) in [4.78, 5) is 15.4. The van der Waals surface area contributed by atoms with Crippen LogP contribution in [0.15, 0.2) is 30.6 Å². The molecule has 4 heteroatoms. The van der Waals surface area contributed by atoms with E-state index in [1.54, 1.807) is 12.4 Å². The maximum atomic E-state index is 4.63. The smallest absolute Gasteiger partial charge is 0.163 e. The Morgan fingerprint density at radius 2 is 2.11 bits per heavy atom. The lowest BCUT2D eigenvalue weighted by Gasteiger charge is -2.18. The first-order valence-electron chi connectivity index (χ1n) is 6.68. The minimum Gasteiger partial charge on any atom is -0.360 e. The number of aromatic nitrogens is 3. The predicted molar refractivity (Wildman–Crippen MR) is 78.2 cm³/mol. The number of unbranched alkanes of at least 4 members (excludes halogenated alkanes) is 1. The molecule has 0 aromatic carbocycles. The van der Waals surface area contributed by atoms with Gasteiger partial charge in [-0.1, -0.05) is 13.3 Å². The molecule has 0 N–H and O–H groups in total. The number of nitrogens with zero attached hydrogens (tertiary/aromatic N) is 4. The highest BCUT2D eigenvalue weighted by atomic mass is 15.2. The summed E-state index contributed by atoms with van der Waals surface area (Å²) < 4.78 is 0. The summed E-state index contributed by atoms with van der Waals surface area (Å²) in [5, 5.41) is 0. The van der Waals surface area contributed by atoms with Crippen LogP contribution in [0.2, 0.25) is 0 Å². The van der Waals surface area contributed by atoms with Gasteiger partial charge in [-0.05, 0) is 25.5 Å². The van der Waals surface area contributed by atoms with Gasteiger partial charge in [0.2, 0.25) is 0 Å². The summed E-state index contributed by atoms with van der Waals surface area (Å²) in [6, 6.07) is 5.91. The Hall–Kier alpha value is -1.97. The molecule has 0 aliphatic rings. The van der Waals surface area contributed by atoms with E-state index < -0.39 is 0 Å². The fourth-order valence-corrected chi connectivity index (χ4v) is 1.88. The van der Waals surface area contributed by atoms with E-state index in [2.05, 4.69) is 33.8 Å². The second kappa shape index (κ2) is 6.27. The largest absolute Gasteiger partial charge is 0.360 e. The lowest BCUT2D eigenvalue weighted by atomic mass is 10.2. The van der Waals surface area contributed by atoms with Crippen LogP contribution < -0.4 is 4.90 Å². The monoisotopic (exact) mass is 256 g/mol. The van der Waals surface area contributed by atoms with E-state index >= 15 is 0 Å². The van der Waals surface area contributed by atoms with Gasteiger partial charge in [-0.2, -0.15) is 0 Å². The fraction of sp³-hybridized carbons (Fsp3) is 0.400. The molecule has 0 spiro atoms. The summed E-state index contributed by atoms with van der Waals surface area (Å²) in [7, 11) is 2.07. The molecule has 0 fully saturated rings. The molecule has 2 heterocycles. The normalized spacial score (nSPS) is 10.5. The summed E-state index contributed by atoms with van der Waals surface area (Å²) in [6.07, 6.45) is 5.91. The van der Waals surface area contributed by atoms with Gasteiger partial charge in [-0.15, -0.1) is 0 Å². The lowest BCUT2D eigenvalue weighted by molar-refractivity contribution is 0.758. The third-order valence-electron chi connectivity index (χ3n) is 3.00. The van der Waals surface area contributed by atoms with E-state index in [0.717, 1.165) is 29.4 Å². The van der Waals surface area contributed by atoms with Crippen molar-refractivity contribution in [1.29, 1.82) is 0 Å². The van der Waals surface area contributed by atoms with E-state index in [-0.39, 0.29) is 0 Å². The summed E-state index contributed by atoms with van der Waals surface area (Å²) in [6.45, 7) is 5.21. The average Bonchev–Trinajstić information content (AvgIpc) is 2.45.